The zero-order valence-electron chi connectivity index (χ0n) is 17.2. The van der Waals surface area contributed by atoms with E-state index in [4.69, 9.17) is 14.2 Å². The molecule has 5 heteroatoms. The van der Waals surface area contributed by atoms with E-state index in [1.807, 2.05) is 0 Å². The Bertz CT molecular complexity index is 343. The summed E-state index contributed by atoms with van der Waals surface area (Å²) in [6.45, 7) is 5.96. The fraction of sp³-hybridized carbons (Fsp3) is 0.905. The van der Waals surface area contributed by atoms with Gasteiger partial charge < -0.3 is 14.2 Å². The molecule has 0 saturated carbocycles. The van der Waals surface area contributed by atoms with Crippen LogP contribution in [-0.4, -0.2) is 38.9 Å². The van der Waals surface area contributed by atoms with E-state index in [1.54, 1.807) is 7.11 Å². The van der Waals surface area contributed by atoms with Crippen molar-refractivity contribution in [3.05, 3.63) is 0 Å². The van der Waals surface area contributed by atoms with E-state index >= 15 is 0 Å². The van der Waals surface area contributed by atoms with Crippen molar-refractivity contribution in [2.45, 2.75) is 90.9 Å². The molecule has 0 saturated heterocycles. The van der Waals surface area contributed by atoms with Crippen molar-refractivity contribution in [3.63, 3.8) is 0 Å². The van der Waals surface area contributed by atoms with E-state index < -0.39 is 0 Å². The molecule has 0 spiro atoms. The number of carbonyl (C=O) groups is 2. The zero-order chi connectivity index (χ0) is 19.5. The molecule has 0 amide bonds. The normalized spacial score (nSPS) is 12.0. The van der Waals surface area contributed by atoms with Gasteiger partial charge in [0, 0.05) is 26.6 Å². The number of methoxy groups -OCH3 is 1. The number of hydrogen-bond donors (Lipinski definition) is 0. The van der Waals surface area contributed by atoms with Gasteiger partial charge in [0.25, 0.3) is 0 Å². The molecule has 0 N–H and O–H groups in total. The molecule has 0 aliphatic carbocycles. The number of rotatable bonds is 18. The first-order chi connectivity index (χ1) is 12.6. The predicted molar refractivity (Wildman–Crippen MR) is 104 cm³/mol. The van der Waals surface area contributed by atoms with Crippen molar-refractivity contribution in [1.29, 1.82) is 0 Å². The predicted octanol–water partition coefficient (Wildman–Crippen LogP) is 5.06. The van der Waals surface area contributed by atoms with Crippen LogP contribution in [0.25, 0.3) is 0 Å². The number of carbonyl (C=O) groups excluding carboxylic acids is 2. The molecule has 0 aliphatic heterocycles. The van der Waals surface area contributed by atoms with Crippen LogP contribution in [-0.2, 0) is 23.8 Å². The SMILES string of the molecule is CCCCCCOC(=O)CCCC(=O)OCC(CCCCC)CCOC. The van der Waals surface area contributed by atoms with Gasteiger partial charge in [0.05, 0.1) is 13.2 Å². The second kappa shape index (κ2) is 18.7. The fourth-order valence-corrected chi connectivity index (χ4v) is 2.73. The van der Waals surface area contributed by atoms with E-state index in [9.17, 15) is 9.59 Å². The van der Waals surface area contributed by atoms with E-state index in [-0.39, 0.29) is 24.8 Å². The molecule has 0 fully saturated rings. The summed E-state index contributed by atoms with van der Waals surface area (Å²) in [5.74, 6) is -0.0796. The second-order valence-corrected chi connectivity index (χ2v) is 6.96. The molecule has 0 radical (unpaired) electrons. The van der Waals surface area contributed by atoms with Crippen LogP contribution in [0.3, 0.4) is 0 Å². The summed E-state index contributed by atoms with van der Waals surface area (Å²) in [7, 11) is 1.69. The van der Waals surface area contributed by atoms with Crippen LogP contribution in [0.15, 0.2) is 0 Å². The highest BCUT2D eigenvalue weighted by atomic mass is 16.5. The van der Waals surface area contributed by atoms with Crippen molar-refractivity contribution in [2.75, 3.05) is 26.9 Å². The Kier molecular flexibility index (Phi) is 17.9. The molecular weight excluding hydrogens is 332 g/mol. The Balaban J connectivity index is 3.78. The van der Waals surface area contributed by atoms with Crippen LogP contribution in [0, 0.1) is 5.92 Å². The van der Waals surface area contributed by atoms with Crippen molar-refractivity contribution in [3.8, 4) is 0 Å². The Morgan fingerprint density at radius 2 is 1.38 bits per heavy atom. The summed E-state index contributed by atoms with van der Waals surface area (Å²) >= 11 is 0. The summed E-state index contributed by atoms with van der Waals surface area (Å²) in [6.07, 6.45) is 10.9. The molecule has 5 nitrogen and oxygen atoms in total. The first-order valence-electron chi connectivity index (χ1n) is 10.4. The lowest BCUT2D eigenvalue weighted by molar-refractivity contribution is -0.146. The third-order valence-electron chi connectivity index (χ3n) is 4.45. The minimum Gasteiger partial charge on any atom is -0.466 e. The first kappa shape index (κ1) is 24.9. The van der Waals surface area contributed by atoms with Crippen molar-refractivity contribution >= 4 is 11.9 Å². The molecule has 0 aromatic carbocycles. The maximum absolute atomic E-state index is 11.9. The maximum atomic E-state index is 11.9. The average Bonchev–Trinajstić information content (AvgIpc) is 2.63. The van der Waals surface area contributed by atoms with Crippen molar-refractivity contribution in [1.82, 2.24) is 0 Å². The Labute approximate surface area is 160 Å². The molecule has 0 aromatic rings. The summed E-state index contributed by atoms with van der Waals surface area (Å²) in [6, 6.07) is 0. The average molecular weight is 373 g/mol. The number of hydrogen-bond acceptors (Lipinski definition) is 5. The van der Waals surface area contributed by atoms with Gasteiger partial charge >= 0.3 is 11.9 Å². The van der Waals surface area contributed by atoms with Gasteiger partial charge in [-0.3, -0.25) is 9.59 Å². The van der Waals surface area contributed by atoms with Gasteiger partial charge in [-0.1, -0.05) is 52.4 Å². The summed E-state index contributed by atoms with van der Waals surface area (Å²) in [5, 5.41) is 0. The fourth-order valence-electron chi connectivity index (χ4n) is 2.73. The molecular formula is C21H40O5. The van der Waals surface area contributed by atoms with Gasteiger partial charge in [0.2, 0.25) is 0 Å². The van der Waals surface area contributed by atoms with Crippen LogP contribution in [0.5, 0.6) is 0 Å². The van der Waals surface area contributed by atoms with Crippen molar-refractivity contribution < 1.29 is 23.8 Å². The van der Waals surface area contributed by atoms with Gasteiger partial charge in [0.15, 0.2) is 0 Å². The van der Waals surface area contributed by atoms with Crippen LogP contribution in [0.1, 0.15) is 90.9 Å². The zero-order valence-corrected chi connectivity index (χ0v) is 17.2. The highest BCUT2D eigenvalue weighted by Crippen LogP contribution is 2.15. The standard InChI is InChI=1S/C21H40O5/c1-4-6-8-10-16-25-20(22)13-11-14-21(23)26-18-19(15-17-24-3)12-9-7-5-2/h19H,4-18H2,1-3H3. The van der Waals surface area contributed by atoms with Gasteiger partial charge in [-0.2, -0.15) is 0 Å². The molecule has 0 aromatic heterocycles. The Morgan fingerprint density at radius 1 is 0.731 bits per heavy atom. The van der Waals surface area contributed by atoms with Crippen LogP contribution < -0.4 is 0 Å². The highest BCUT2D eigenvalue weighted by molar-refractivity contribution is 5.72. The third kappa shape index (κ3) is 16.4. The van der Waals surface area contributed by atoms with Gasteiger partial charge in [-0.25, -0.2) is 0 Å². The summed E-state index contributed by atoms with van der Waals surface area (Å²) in [5.41, 5.74) is 0. The van der Waals surface area contributed by atoms with E-state index in [0.29, 0.717) is 32.2 Å². The van der Waals surface area contributed by atoms with E-state index in [2.05, 4.69) is 13.8 Å². The molecule has 0 aliphatic rings. The molecule has 0 bridgehead atoms. The van der Waals surface area contributed by atoms with Gasteiger partial charge in [0.1, 0.15) is 0 Å². The highest BCUT2D eigenvalue weighted by Gasteiger charge is 2.13. The molecule has 154 valence electrons. The molecule has 0 heterocycles. The first-order valence-corrected chi connectivity index (χ1v) is 10.4. The minimum atomic E-state index is -0.223. The van der Waals surface area contributed by atoms with Crippen LogP contribution >= 0.6 is 0 Å². The van der Waals surface area contributed by atoms with Crippen molar-refractivity contribution in [2.24, 2.45) is 5.92 Å². The molecule has 1 unspecified atom stereocenters. The van der Waals surface area contributed by atoms with Crippen LogP contribution in [0.4, 0.5) is 0 Å². The molecule has 0 rings (SSSR count). The van der Waals surface area contributed by atoms with Gasteiger partial charge in [-0.05, 0) is 31.6 Å². The summed E-state index contributed by atoms with van der Waals surface area (Å²) in [4.78, 5) is 23.5. The lowest BCUT2D eigenvalue weighted by Crippen LogP contribution is -2.16. The molecule has 1 atom stereocenters. The van der Waals surface area contributed by atoms with E-state index in [0.717, 1.165) is 32.1 Å². The largest absolute Gasteiger partial charge is 0.466 e. The van der Waals surface area contributed by atoms with E-state index in [1.165, 1.54) is 25.7 Å². The topological polar surface area (TPSA) is 61.8 Å². The minimum absolute atomic E-state index is 0.216. The quantitative estimate of drug-likeness (QED) is 0.249. The summed E-state index contributed by atoms with van der Waals surface area (Å²) < 4.78 is 15.7. The Morgan fingerprint density at radius 3 is 2.04 bits per heavy atom. The lowest BCUT2D eigenvalue weighted by Gasteiger charge is -2.16. The lowest BCUT2D eigenvalue weighted by atomic mass is 9.99. The smallest absolute Gasteiger partial charge is 0.305 e. The Hall–Kier alpha value is -1.10. The number of ether oxygens (including phenoxy) is 3. The molecule has 26 heavy (non-hydrogen) atoms. The maximum Gasteiger partial charge on any atom is 0.305 e. The van der Waals surface area contributed by atoms with Gasteiger partial charge in [-0.15, -0.1) is 0 Å². The van der Waals surface area contributed by atoms with Crippen LogP contribution in [0.2, 0.25) is 0 Å². The number of esters is 2. The third-order valence-corrected chi connectivity index (χ3v) is 4.45. The monoisotopic (exact) mass is 372 g/mol. The number of unbranched alkanes of at least 4 members (excludes halogenated alkanes) is 5. The second-order valence-electron chi connectivity index (χ2n) is 6.96.